The third kappa shape index (κ3) is 4.55. The van der Waals surface area contributed by atoms with Crippen LogP contribution in [0.15, 0.2) is 16.3 Å². The number of thiophene rings is 1. The molecule has 2 N–H and O–H groups in total. The van der Waals surface area contributed by atoms with E-state index in [9.17, 15) is 8.42 Å². The van der Waals surface area contributed by atoms with Crippen molar-refractivity contribution in [3.63, 3.8) is 0 Å². The average Bonchev–Trinajstić information content (AvgIpc) is 3.10. The maximum absolute atomic E-state index is 12.2. The van der Waals surface area contributed by atoms with Crippen molar-refractivity contribution in [2.45, 2.75) is 57.5 Å². The Morgan fingerprint density at radius 3 is 2.70 bits per heavy atom. The average molecular weight is 316 g/mol. The molecule has 0 spiro atoms. The van der Waals surface area contributed by atoms with Gasteiger partial charge in [-0.3, -0.25) is 0 Å². The molecule has 114 valence electrons. The van der Waals surface area contributed by atoms with Crippen molar-refractivity contribution in [2.75, 3.05) is 6.54 Å². The molecule has 1 heterocycles. The Hall–Kier alpha value is -0.430. The molecule has 1 aromatic heterocycles. The standard InChI is InChI=1S/C14H24N2O2S2/c1-4-14(2,3)10-16-20(17,18)13-7-12(19-9-13)8-15-11-5-6-11/h7,9,11,15-16H,4-6,8,10H2,1-3H3. The van der Waals surface area contributed by atoms with E-state index in [-0.39, 0.29) is 5.41 Å². The highest BCUT2D eigenvalue weighted by atomic mass is 32.2. The largest absolute Gasteiger partial charge is 0.309 e. The van der Waals surface area contributed by atoms with Crippen molar-refractivity contribution in [1.82, 2.24) is 10.0 Å². The molecule has 1 aliphatic rings. The smallest absolute Gasteiger partial charge is 0.241 e. The van der Waals surface area contributed by atoms with Crippen molar-refractivity contribution in [3.05, 3.63) is 16.3 Å². The van der Waals surface area contributed by atoms with Crippen LogP contribution in [0, 0.1) is 5.41 Å². The first-order valence-electron chi connectivity index (χ1n) is 7.13. The maximum atomic E-state index is 12.2. The summed E-state index contributed by atoms with van der Waals surface area (Å²) in [4.78, 5) is 1.47. The second-order valence-corrected chi connectivity index (χ2v) is 9.01. The van der Waals surface area contributed by atoms with E-state index < -0.39 is 10.0 Å². The first kappa shape index (κ1) is 15.9. The molecule has 0 unspecified atom stereocenters. The second kappa shape index (κ2) is 6.13. The van der Waals surface area contributed by atoms with E-state index >= 15 is 0 Å². The van der Waals surface area contributed by atoms with Gasteiger partial charge in [0, 0.05) is 29.4 Å². The summed E-state index contributed by atoms with van der Waals surface area (Å²) in [7, 11) is -3.37. The van der Waals surface area contributed by atoms with Gasteiger partial charge in [-0.1, -0.05) is 20.8 Å². The minimum atomic E-state index is -3.37. The Bertz CT molecular complexity index is 545. The fourth-order valence-corrected chi connectivity index (χ4v) is 4.09. The highest BCUT2D eigenvalue weighted by Gasteiger charge is 2.23. The van der Waals surface area contributed by atoms with Gasteiger partial charge in [-0.05, 0) is 30.7 Å². The van der Waals surface area contributed by atoms with Gasteiger partial charge >= 0.3 is 0 Å². The summed E-state index contributed by atoms with van der Waals surface area (Å²) in [5, 5.41) is 5.13. The highest BCUT2D eigenvalue weighted by molar-refractivity contribution is 7.89. The highest BCUT2D eigenvalue weighted by Crippen LogP contribution is 2.24. The minimum Gasteiger partial charge on any atom is -0.309 e. The second-order valence-electron chi connectivity index (χ2n) is 6.25. The van der Waals surface area contributed by atoms with Gasteiger partial charge in [0.25, 0.3) is 0 Å². The van der Waals surface area contributed by atoms with Crippen LogP contribution < -0.4 is 10.0 Å². The number of hydrogen-bond acceptors (Lipinski definition) is 4. The lowest BCUT2D eigenvalue weighted by Gasteiger charge is -2.22. The zero-order valence-electron chi connectivity index (χ0n) is 12.4. The SMILES string of the molecule is CCC(C)(C)CNS(=O)(=O)c1csc(CNC2CC2)c1. The Balaban J connectivity index is 1.94. The Kier molecular flexibility index (Phi) is 4.89. The molecular weight excluding hydrogens is 292 g/mol. The number of sulfonamides is 1. The van der Waals surface area contributed by atoms with Crippen LogP contribution in [0.2, 0.25) is 0 Å². The quantitative estimate of drug-likeness (QED) is 0.775. The van der Waals surface area contributed by atoms with Crippen LogP contribution in [0.1, 0.15) is 44.9 Å². The molecule has 1 saturated carbocycles. The zero-order chi connectivity index (χ0) is 14.8. The van der Waals surface area contributed by atoms with Gasteiger partial charge in [0.1, 0.15) is 0 Å². The monoisotopic (exact) mass is 316 g/mol. The van der Waals surface area contributed by atoms with Gasteiger partial charge in [0.05, 0.1) is 4.90 Å². The lowest BCUT2D eigenvalue weighted by atomic mass is 9.91. The van der Waals surface area contributed by atoms with Gasteiger partial charge in [-0.25, -0.2) is 13.1 Å². The normalized spacial score (nSPS) is 16.6. The summed E-state index contributed by atoms with van der Waals surface area (Å²) >= 11 is 1.50. The summed E-state index contributed by atoms with van der Waals surface area (Å²) in [6, 6.07) is 2.42. The van der Waals surface area contributed by atoms with Gasteiger partial charge in [-0.2, -0.15) is 0 Å². The molecule has 0 aromatic carbocycles. The molecule has 0 amide bonds. The first-order valence-corrected chi connectivity index (χ1v) is 9.49. The molecule has 1 aromatic rings. The summed E-state index contributed by atoms with van der Waals surface area (Å²) in [6.45, 7) is 7.44. The van der Waals surface area contributed by atoms with Gasteiger partial charge in [0.2, 0.25) is 10.0 Å². The maximum Gasteiger partial charge on any atom is 0.241 e. The Labute approximate surface area is 126 Å². The molecule has 4 nitrogen and oxygen atoms in total. The van der Waals surface area contributed by atoms with Gasteiger partial charge < -0.3 is 5.32 Å². The molecule has 0 radical (unpaired) electrons. The molecule has 1 aliphatic carbocycles. The molecule has 0 atom stereocenters. The van der Waals surface area contributed by atoms with E-state index in [4.69, 9.17) is 0 Å². The third-order valence-electron chi connectivity index (χ3n) is 3.78. The molecular formula is C14H24N2O2S2. The molecule has 2 rings (SSSR count). The Morgan fingerprint density at radius 2 is 2.10 bits per heavy atom. The van der Waals surface area contributed by atoms with E-state index in [1.165, 1.54) is 24.2 Å². The predicted molar refractivity (Wildman–Crippen MR) is 83.4 cm³/mol. The lowest BCUT2D eigenvalue weighted by Crippen LogP contribution is -2.33. The van der Waals surface area contributed by atoms with Crippen LogP contribution in [-0.4, -0.2) is 21.0 Å². The fourth-order valence-electron chi connectivity index (χ4n) is 1.63. The van der Waals surface area contributed by atoms with E-state index in [2.05, 4.69) is 30.8 Å². The molecule has 0 aliphatic heterocycles. The van der Waals surface area contributed by atoms with Gasteiger partial charge in [-0.15, -0.1) is 11.3 Å². The van der Waals surface area contributed by atoms with Crippen molar-refractivity contribution in [2.24, 2.45) is 5.41 Å². The van der Waals surface area contributed by atoms with Crippen molar-refractivity contribution >= 4 is 21.4 Å². The van der Waals surface area contributed by atoms with Gasteiger partial charge in [0.15, 0.2) is 0 Å². The summed E-state index contributed by atoms with van der Waals surface area (Å²) in [5.74, 6) is 0. The Morgan fingerprint density at radius 1 is 1.40 bits per heavy atom. The fraction of sp³-hybridized carbons (Fsp3) is 0.714. The van der Waals surface area contributed by atoms with Crippen molar-refractivity contribution < 1.29 is 8.42 Å². The summed E-state index contributed by atoms with van der Waals surface area (Å²) < 4.78 is 27.2. The van der Waals surface area contributed by atoms with Crippen LogP contribution in [0.25, 0.3) is 0 Å². The number of rotatable bonds is 8. The molecule has 6 heteroatoms. The van der Waals surface area contributed by atoms with Crippen molar-refractivity contribution in [3.8, 4) is 0 Å². The van der Waals surface area contributed by atoms with E-state index in [0.29, 0.717) is 17.5 Å². The summed E-state index contributed by atoms with van der Waals surface area (Å²) in [6.07, 6.45) is 3.42. The summed E-state index contributed by atoms with van der Waals surface area (Å²) in [5.41, 5.74) is -0.0144. The molecule has 0 saturated heterocycles. The van der Waals surface area contributed by atoms with Crippen LogP contribution >= 0.6 is 11.3 Å². The van der Waals surface area contributed by atoms with E-state index in [1.807, 2.05) is 0 Å². The molecule has 20 heavy (non-hydrogen) atoms. The van der Waals surface area contributed by atoms with Crippen molar-refractivity contribution in [1.29, 1.82) is 0 Å². The molecule has 0 bridgehead atoms. The zero-order valence-corrected chi connectivity index (χ0v) is 14.0. The van der Waals surface area contributed by atoms with Crippen LogP contribution in [0.4, 0.5) is 0 Å². The van der Waals surface area contributed by atoms with Crippen LogP contribution in [0.5, 0.6) is 0 Å². The van der Waals surface area contributed by atoms with E-state index in [1.54, 1.807) is 11.4 Å². The van der Waals surface area contributed by atoms with E-state index in [0.717, 1.165) is 17.8 Å². The van der Waals surface area contributed by atoms with Crippen LogP contribution in [-0.2, 0) is 16.6 Å². The van der Waals surface area contributed by atoms with Crippen LogP contribution in [0.3, 0.4) is 0 Å². The molecule has 1 fully saturated rings. The number of nitrogens with one attached hydrogen (secondary N) is 2. The topological polar surface area (TPSA) is 58.2 Å². The minimum absolute atomic E-state index is 0.0144. The third-order valence-corrected chi connectivity index (χ3v) is 6.25. The number of hydrogen-bond donors (Lipinski definition) is 2. The predicted octanol–water partition coefficient (Wildman–Crippen LogP) is 2.71. The lowest BCUT2D eigenvalue weighted by molar-refractivity contribution is 0.350. The first-order chi connectivity index (χ1) is 9.32.